The van der Waals surface area contributed by atoms with Gasteiger partial charge >= 0.3 is 23.9 Å². The van der Waals surface area contributed by atoms with Gasteiger partial charge in [-0.15, -0.1) is 0 Å². The highest BCUT2D eigenvalue weighted by Crippen LogP contribution is 2.21. The van der Waals surface area contributed by atoms with Gasteiger partial charge in [0.15, 0.2) is 0 Å². The molecule has 312 valence electrons. The first-order chi connectivity index (χ1) is 26.7. The van der Waals surface area contributed by atoms with Crippen molar-refractivity contribution in [3.8, 4) is 0 Å². The Morgan fingerprint density at radius 2 is 0.596 bits per heavy atom. The summed E-state index contributed by atoms with van der Waals surface area (Å²) >= 11 is 0. The lowest BCUT2D eigenvalue weighted by atomic mass is 9.94. The molecule has 2 aromatic carbocycles. The largest absolute Gasteiger partial charge is 0.480 e. The van der Waals surface area contributed by atoms with Crippen LogP contribution in [0.4, 0.5) is 0 Å². The lowest BCUT2D eigenvalue weighted by Crippen LogP contribution is -2.46. The smallest absolute Gasteiger partial charge is 0.326 e. The fourth-order valence-corrected chi connectivity index (χ4v) is 5.98. The molecule has 16 heteroatoms. The van der Waals surface area contributed by atoms with Crippen molar-refractivity contribution in [3.05, 3.63) is 69.8 Å². The average Bonchev–Trinajstić information content (AvgIpc) is 3.17. The van der Waals surface area contributed by atoms with Gasteiger partial charge in [0.25, 0.3) is 23.6 Å². The number of nitrogens with one attached hydrogen (secondary N) is 4. The molecule has 8 atom stereocenters. The number of carbonyl (C=O) groups is 8. The van der Waals surface area contributed by atoms with Gasteiger partial charge in [0.1, 0.15) is 24.2 Å². The lowest BCUT2D eigenvalue weighted by molar-refractivity contribution is -0.141. The summed E-state index contributed by atoms with van der Waals surface area (Å²) in [6.45, 7) is 13.6. The molecule has 2 rings (SSSR count). The number of hydrogen-bond acceptors (Lipinski definition) is 8. The summed E-state index contributed by atoms with van der Waals surface area (Å²) in [5, 5.41) is 49.3. The first kappa shape index (κ1) is 47.4. The molecule has 57 heavy (non-hydrogen) atoms. The number of amides is 4. The van der Waals surface area contributed by atoms with Gasteiger partial charge in [0, 0.05) is 22.3 Å². The van der Waals surface area contributed by atoms with Crippen molar-refractivity contribution < 1.29 is 58.8 Å². The maximum Gasteiger partial charge on any atom is 0.326 e. The van der Waals surface area contributed by atoms with E-state index in [1.807, 2.05) is 0 Å². The monoisotopic (exact) mass is 796 g/mol. The van der Waals surface area contributed by atoms with Gasteiger partial charge in [-0.1, -0.05) is 81.1 Å². The molecule has 0 bridgehead atoms. The van der Waals surface area contributed by atoms with Gasteiger partial charge < -0.3 is 41.7 Å². The minimum absolute atomic E-state index is 0.134. The molecule has 0 heterocycles. The van der Waals surface area contributed by atoms with Crippen LogP contribution in [-0.4, -0.2) is 92.1 Å². The van der Waals surface area contributed by atoms with Crippen molar-refractivity contribution in [3.63, 3.8) is 0 Å². The van der Waals surface area contributed by atoms with Crippen LogP contribution in [0.15, 0.2) is 36.4 Å². The third-order valence-electron chi connectivity index (χ3n) is 10.5. The Kier molecular flexibility index (Phi) is 17.9. The van der Waals surface area contributed by atoms with E-state index < -0.39 is 95.3 Å². The Morgan fingerprint density at radius 1 is 0.404 bits per heavy atom. The van der Waals surface area contributed by atoms with Crippen LogP contribution in [0, 0.1) is 23.7 Å². The molecular formula is C41H56N4O12. The van der Waals surface area contributed by atoms with Crippen LogP contribution in [0.25, 0.3) is 0 Å². The molecule has 0 aliphatic rings. The maximum absolute atomic E-state index is 13.6. The Hall–Kier alpha value is -5.80. The van der Waals surface area contributed by atoms with Crippen molar-refractivity contribution in [2.45, 2.75) is 112 Å². The van der Waals surface area contributed by atoms with E-state index in [1.165, 1.54) is 36.4 Å². The molecule has 16 nitrogen and oxygen atoms in total. The molecule has 0 aromatic heterocycles. The molecule has 0 fully saturated rings. The van der Waals surface area contributed by atoms with Crippen LogP contribution < -0.4 is 21.3 Å². The number of benzene rings is 2. The van der Waals surface area contributed by atoms with E-state index in [2.05, 4.69) is 21.3 Å². The van der Waals surface area contributed by atoms with E-state index in [9.17, 15) is 58.8 Å². The summed E-state index contributed by atoms with van der Waals surface area (Å²) in [4.78, 5) is 103. The lowest BCUT2D eigenvalue weighted by Gasteiger charge is -2.22. The average molecular weight is 797 g/mol. The van der Waals surface area contributed by atoms with Crippen molar-refractivity contribution in [1.29, 1.82) is 0 Å². The van der Waals surface area contributed by atoms with Crippen LogP contribution in [0.1, 0.15) is 134 Å². The normalized spacial score (nSPS) is 15.3. The molecular weight excluding hydrogens is 740 g/mol. The molecule has 4 amide bonds. The number of carboxylic acid groups (broad SMARTS) is 4. The van der Waals surface area contributed by atoms with Gasteiger partial charge in [0.05, 0.1) is 0 Å². The van der Waals surface area contributed by atoms with Gasteiger partial charge in [-0.2, -0.15) is 0 Å². The third-order valence-corrected chi connectivity index (χ3v) is 10.5. The summed E-state index contributed by atoms with van der Waals surface area (Å²) in [7, 11) is 0. The molecule has 0 saturated carbocycles. The molecule has 2 aromatic rings. The summed E-state index contributed by atoms with van der Waals surface area (Å²) in [6.07, 6.45) is 1.53. The summed E-state index contributed by atoms with van der Waals surface area (Å²) in [5.41, 5.74) is -0.0204. The Morgan fingerprint density at radius 3 is 0.754 bits per heavy atom. The number of aliphatic carboxylic acids is 4. The zero-order valence-electron chi connectivity index (χ0n) is 33.7. The highest BCUT2D eigenvalue weighted by atomic mass is 16.4. The maximum atomic E-state index is 13.6. The Balaban J connectivity index is 2.81. The number of hydrogen-bond donors (Lipinski definition) is 8. The first-order valence-electron chi connectivity index (χ1n) is 19.1. The highest BCUT2D eigenvalue weighted by Gasteiger charge is 2.31. The predicted octanol–water partition coefficient (Wildman–Crippen LogP) is 4.19. The second-order valence-electron chi connectivity index (χ2n) is 14.7. The van der Waals surface area contributed by atoms with Gasteiger partial charge in [-0.25, -0.2) is 19.2 Å². The van der Waals surface area contributed by atoms with Crippen molar-refractivity contribution >= 4 is 47.5 Å². The molecule has 8 unspecified atom stereocenters. The molecule has 0 radical (unpaired) electrons. The fraction of sp³-hybridized carbons (Fsp3) is 0.512. The molecule has 0 spiro atoms. The van der Waals surface area contributed by atoms with Crippen molar-refractivity contribution in [2.75, 3.05) is 0 Å². The number of rotatable bonds is 22. The summed E-state index contributed by atoms with van der Waals surface area (Å²) in [6, 6.07) is 2.79. The minimum atomic E-state index is -1.28. The van der Waals surface area contributed by atoms with Gasteiger partial charge in [-0.05, 0) is 77.6 Å². The molecule has 0 aliphatic heterocycles. The zero-order valence-corrected chi connectivity index (χ0v) is 33.7. The second-order valence-corrected chi connectivity index (χ2v) is 14.7. The van der Waals surface area contributed by atoms with E-state index in [4.69, 9.17) is 0 Å². The Bertz CT molecular complexity index is 1580. The summed E-state index contributed by atoms with van der Waals surface area (Å²) in [5.74, 6) is -10.3. The standard InChI is InChI=1S/C41H56N4O12/c1-9-20(5)30(38(50)51)42-34(46)26-14-24(15-27(18-26)35(47)43-31(39(52)53)21(6)10-2)13-25-16-28(36(48)44-32(40(54)55)22(7)11-3)19-29(17-25)37(49)45-33(41(56)57)23(8)12-4/h14-23,30-33H,9-13H2,1-8H3,(H,42,46)(H,43,47)(H,44,48)(H,45,49)(H,50,51)(H,52,53)(H,54,55)(H,56,57). The fourth-order valence-electron chi connectivity index (χ4n) is 5.98. The topological polar surface area (TPSA) is 266 Å². The summed E-state index contributed by atoms with van der Waals surface area (Å²) < 4.78 is 0. The quantitative estimate of drug-likeness (QED) is 0.0834. The van der Waals surface area contributed by atoms with Gasteiger partial charge in [-0.3, -0.25) is 19.2 Å². The van der Waals surface area contributed by atoms with E-state index in [1.54, 1.807) is 55.4 Å². The highest BCUT2D eigenvalue weighted by molar-refractivity contribution is 6.03. The Labute approximate surface area is 332 Å². The van der Waals surface area contributed by atoms with Crippen LogP contribution >= 0.6 is 0 Å². The zero-order chi connectivity index (χ0) is 43.3. The molecule has 0 aliphatic carbocycles. The van der Waals surface area contributed by atoms with Crippen LogP contribution in [0.2, 0.25) is 0 Å². The van der Waals surface area contributed by atoms with E-state index in [0.717, 1.165) is 0 Å². The second kappa shape index (κ2) is 21.5. The van der Waals surface area contributed by atoms with Crippen LogP contribution in [0.5, 0.6) is 0 Å². The number of carbonyl (C=O) groups excluding carboxylic acids is 4. The van der Waals surface area contributed by atoms with Crippen LogP contribution in [-0.2, 0) is 25.6 Å². The van der Waals surface area contributed by atoms with E-state index in [0.29, 0.717) is 25.7 Å². The first-order valence-corrected chi connectivity index (χ1v) is 19.1. The molecule has 0 saturated heterocycles. The van der Waals surface area contributed by atoms with E-state index >= 15 is 0 Å². The van der Waals surface area contributed by atoms with E-state index in [-0.39, 0.29) is 39.8 Å². The van der Waals surface area contributed by atoms with Crippen molar-refractivity contribution in [2.24, 2.45) is 23.7 Å². The molecule has 8 N–H and O–H groups in total. The predicted molar refractivity (Wildman–Crippen MR) is 209 cm³/mol. The van der Waals surface area contributed by atoms with Crippen LogP contribution in [0.3, 0.4) is 0 Å². The number of carboxylic acids is 4. The SMILES string of the molecule is CCC(C)C(NC(=O)c1cc(Cc2cc(C(=O)NC(C(=O)O)C(C)CC)cc(C(=O)NC(C(=O)O)C(C)CC)c2)cc(C(=O)NC(C(=O)O)C(C)CC)c1)C(=O)O. The van der Waals surface area contributed by atoms with Crippen molar-refractivity contribution in [1.82, 2.24) is 21.3 Å². The minimum Gasteiger partial charge on any atom is -0.480 e. The third kappa shape index (κ3) is 13.1. The van der Waals surface area contributed by atoms with Gasteiger partial charge in [0.2, 0.25) is 0 Å².